The summed E-state index contributed by atoms with van der Waals surface area (Å²) >= 11 is 5.02. The van der Waals surface area contributed by atoms with E-state index in [-0.39, 0.29) is 5.91 Å². The summed E-state index contributed by atoms with van der Waals surface area (Å²) in [6.45, 7) is 0.630. The zero-order valence-electron chi connectivity index (χ0n) is 7.51. The zero-order chi connectivity index (χ0) is 9.97. The number of anilines is 1. The minimum atomic E-state index is -0.123. The molecule has 3 nitrogen and oxygen atoms in total. The quantitative estimate of drug-likeness (QED) is 0.648. The highest BCUT2D eigenvalue weighted by molar-refractivity contribution is 7.80. The van der Waals surface area contributed by atoms with Gasteiger partial charge < -0.3 is 4.90 Å². The van der Waals surface area contributed by atoms with Crippen LogP contribution in [0.1, 0.15) is 6.42 Å². The van der Waals surface area contributed by atoms with Gasteiger partial charge >= 0.3 is 0 Å². The van der Waals surface area contributed by atoms with E-state index < -0.39 is 0 Å². The van der Waals surface area contributed by atoms with Crippen LogP contribution in [-0.2, 0) is 4.79 Å². The van der Waals surface area contributed by atoms with E-state index in [0.29, 0.717) is 18.1 Å². The Hall–Kier alpha value is -1.42. The Morgan fingerprint density at radius 2 is 2.00 bits per heavy atom. The van der Waals surface area contributed by atoms with Crippen LogP contribution in [0.15, 0.2) is 30.3 Å². The Bertz CT molecular complexity index is 364. The highest BCUT2D eigenvalue weighted by atomic mass is 32.1. The molecule has 1 aliphatic rings. The van der Waals surface area contributed by atoms with Crippen LogP contribution in [0.5, 0.6) is 0 Å². The third kappa shape index (κ3) is 1.75. The minimum Gasteiger partial charge on any atom is -0.317 e. The third-order valence-electron chi connectivity index (χ3n) is 2.07. The van der Waals surface area contributed by atoms with E-state index in [2.05, 4.69) is 5.32 Å². The molecule has 4 heteroatoms. The normalized spacial score (nSPS) is 16.7. The molecule has 1 heterocycles. The molecule has 2 rings (SSSR count). The van der Waals surface area contributed by atoms with Crippen LogP contribution in [0.3, 0.4) is 0 Å². The second-order valence-electron chi connectivity index (χ2n) is 3.03. The summed E-state index contributed by atoms with van der Waals surface area (Å²) in [6, 6.07) is 9.73. The largest absolute Gasteiger partial charge is 0.317 e. The van der Waals surface area contributed by atoms with Crippen LogP contribution in [0.25, 0.3) is 0 Å². The van der Waals surface area contributed by atoms with Crippen molar-refractivity contribution in [2.75, 3.05) is 11.4 Å². The molecule has 0 saturated carbocycles. The molecule has 1 fully saturated rings. The second kappa shape index (κ2) is 3.75. The van der Waals surface area contributed by atoms with Crippen LogP contribution in [0.4, 0.5) is 5.69 Å². The van der Waals surface area contributed by atoms with E-state index in [0.717, 1.165) is 5.69 Å². The highest BCUT2D eigenvalue weighted by Gasteiger charge is 2.22. The Morgan fingerprint density at radius 3 is 2.64 bits per heavy atom. The monoisotopic (exact) mass is 205 g/mol. The van der Waals surface area contributed by atoms with E-state index in [1.165, 1.54) is 0 Å². The van der Waals surface area contributed by atoms with Crippen molar-refractivity contribution in [2.45, 2.75) is 6.42 Å². The molecule has 14 heavy (non-hydrogen) atoms. The average Bonchev–Trinajstić information content (AvgIpc) is 2.19. The van der Waals surface area contributed by atoms with Gasteiger partial charge in [-0.05, 0) is 24.4 Å². The predicted molar refractivity (Wildman–Crippen MR) is 58.1 cm³/mol. The molecule has 0 aliphatic carbocycles. The first kappa shape index (κ1) is 9.15. The fraction of sp³-hybridized carbons (Fsp3) is 0.200. The lowest BCUT2D eigenvalue weighted by atomic mass is 10.2. The molecule has 0 spiro atoms. The highest BCUT2D eigenvalue weighted by Crippen LogP contribution is 2.16. The topological polar surface area (TPSA) is 34.4 Å². The molecule has 0 bridgehead atoms. The number of rotatable bonds is 1. The van der Waals surface area contributed by atoms with E-state index in [9.17, 15) is 4.79 Å². The van der Waals surface area contributed by atoms with Gasteiger partial charge in [0.25, 0.3) is 0 Å². The summed E-state index contributed by atoms with van der Waals surface area (Å²) < 4.78 is 0. The van der Waals surface area contributed by atoms with Gasteiger partial charge in [0.2, 0.25) is 11.0 Å². The summed E-state index contributed by atoms with van der Waals surface area (Å²) in [5.41, 5.74) is 0.994. The molecule has 1 aliphatic heterocycles. The Morgan fingerprint density at radius 1 is 1.29 bits per heavy atom. The first-order valence-corrected chi connectivity index (χ1v) is 4.79. The number of para-hydroxylation sites is 1. The van der Waals surface area contributed by atoms with Crippen molar-refractivity contribution >= 4 is 28.9 Å². The first-order valence-electron chi connectivity index (χ1n) is 4.38. The molecular weight excluding hydrogens is 196 g/mol. The lowest BCUT2D eigenvalue weighted by molar-refractivity contribution is -0.120. The third-order valence-corrected chi connectivity index (χ3v) is 2.38. The Labute approximate surface area is 87.7 Å². The van der Waals surface area contributed by atoms with Crippen molar-refractivity contribution in [1.82, 2.24) is 5.32 Å². The van der Waals surface area contributed by atoms with Crippen molar-refractivity contribution in [1.29, 1.82) is 0 Å². The maximum absolute atomic E-state index is 11.0. The second-order valence-corrected chi connectivity index (χ2v) is 3.39. The molecule has 0 unspecified atom stereocenters. The molecular formula is C10H9N2OS. The summed E-state index contributed by atoms with van der Waals surface area (Å²) in [6.07, 6.45) is 0.440. The minimum absolute atomic E-state index is 0.123. The zero-order valence-corrected chi connectivity index (χ0v) is 8.33. The number of benzene rings is 1. The molecule has 1 aromatic carbocycles. The number of thiocarbonyl (C=S) groups is 1. The van der Waals surface area contributed by atoms with E-state index in [1.807, 2.05) is 35.2 Å². The molecule has 0 aromatic heterocycles. The van der Waals surface area contributed by atoms with Gasteiger partial charge in [-0.1, -0.05) is 18.2 Å². The molecule has 71 valence electrons. The van der Waals surface area contributed by atoms with Gasteiger partial charge in [-0.25, -0.2) is 0 Å². The first-order chi connectivity index (χ1) is 6.77. The molecule has 1 saturated heterocycles. The average molecular weight is 205 g/mol. The maximum Gasteiger partial charge on any atom is 0.250 e. The van der Waals surface area contributed by atoms with Crippen LogP contribution >= 0.6 is 12.2 Å². The van der Waals surface area contributed by atoms with Crippen LogP contribution in [0.2, 0.25) is 0 Å². The van der Waals surface area contributed by atoms with Crippen LogP contribution < -0.4 is 10.2 Å². The van der Waals surface area contributed by atoms with Gasteiger partial charge in [0.05, 0.1) is 0 Å². The molecule has 0 N–H and O–H groups in total. The Kier molecular flexibility index (Phi) is 2.45. The van der Waals surface area contributed by atoms with E-state index >= 15 is 0 Å². The van der Waals surface area contributed by atoms with Gasteiger partial charge in [-0.15, -0.1) is 0 Å². The number of carbonyl (C=O) groups is 1. The van der Waals surface area contributed by atoms with Gasteiger partial charge in [0.15, 0.2) is 0 Å². The number of hydrogen-bond acceptors (Lipinski definition) is 2. The SMILES string of the molecule is O=C1CCN(c2ccccc2)C(=S)[N]1. The van der Waals surface area contributed by atoms with Gasteiger partial charge in [-0.2, -0.15) is 5.32 Å². The van der Waals surface area contributed by atoms with E-state index in [4.69, 9.17) is 12.2 Å². The van der Waals surface area contributed by atoms with E-state index in [1.54, 1.807) is 0 Å². The smallest absolute Gasteiger partial charge is 0.250 e. The van der Waals surface area contributed by atoms with Gasteiger partial charge in [0.1, 0.15) is 0 Å². The Balaban J connectivity index is 2.20. The predicted octanol–water partition coefficient (Wildman–Crippen LogP) is 1.31. The van der Waals surface area contributed by atoms with Crippen LogP contribution in [0, 0.1) is 0 Å². The molecule has 0 atom stereocenters. The number of carbonyl (C=O) groups excluding carboxylic acids is 1. The van der Waals surface area contributed by atoms with Crippen molar-refractivity contribution in [3.05, 3.63) is 30.3 Å². The standard InChI is InChI=1S/C10H9N2OS/c13-9-6-7-12(10(14)11-9)8-4-2-1-3-5-8/h1-5H,6-7H2. The summed E-state index contributed by atoms with van der Waals surface area (Å²) in [4.78, 5) is 12.8. The van der Waals surface area contributed by atoms with Crippen molar-refractivity contribution in [2.24, 2.45) is 0 Å². The summed E-state index contributed by atoms with van der Waals surface area (Å²) in [5.74, 6) is -0.123. The summed E-state index contributed by atoms with van der Waals surface area (Å²) in [5, 5.41) is 4.13. The lowest BCUT2D eigenvalue weighted by Crippen LogP contribution is -2.45. The lowest BCUT2D eigenvalue weighted by Gasteiger charge is -2.27. The number of nitrogens with zero attached hydrogens (tertiary/aromatic N) is 2. The van der Waals surface area contributed by atoms with Gasteiger partial charge in [-0.3, -0.25) is 4.79 Å². The number of hydrogen-bond donors (Lipinski definition) is 0. The molecule has 1 radical (unpaired) electrons. The van der Waals surface area contributed by atoms with Gasteiger partial charge in [0, 0.05) is 18.7 Å². The van der Waals surface area contributed by atoms with Crippen molar-refractivity contribution in [3.8, 4) is 0 Å². The fourth-order valence-electron chi connectivity index (χ4n) is 1.37. The summed E-state index contributed by atoms with van der Waals surface area (Å²) in [7, 11) is 0. The molecule has 1 amide bonds. The van der Waals surface area contributed by atoms with Crippen LogP contribution in [-0.4, -0.2) is 17.6 Å². The van der Waals surface area contributed by atoms with Crippen molar-refractivity contribution in [3.63, 3.8) is 0 Å². The van der Waals surface area contributed by atoms with Crippen molar-refractivity contribution < 1.29 is 4.79 Å². The molecule has 1 aromatic rings. The fourth-order valence-corrected chi connectivity index (χ4v) is 1.67. The number of amides is 1. The maximum atomic E-state index is 11.0.